The Morgan fingerprint density at radius 3 is 2.41 bits per heavy atom. The normalized spacial score (nSPS) is 17.2. The lowest BCUT2D eigenvalue weighted by atomic mass is 10.0. The van der Waals surface area contributed by atoms with E-state index in [0.29, 0.717) is 35.6 Å². The number of ether oxygens (including phenoxy) is 1. The summed E-state index contributed by atoms with van der Waals surface area (Å²) in [7, 11) is -2.92. The van der Waals surface area contributed by atoms with Gasteiger partial charge in [-0.15, -0.1) is 0 Å². The number of benzene rings is 2. The second kappa shape index (κ2) is 12.4. The van der Waals surface area contributed by atoms with Gasteiger partial charge in [0.25, 0.3) is 10.0 Å². The SMILES string of the molecule is COc1ncc(-c2ccc3ncnc(N4[C@H](C)CN(C(=O)/C=C/C(C)=O)C[C@@H]4C)c3c2)cc1NS(=O)(=O)c1ccccc1F. The standard InChI is InChI=1S/C31H31FN6O5S/c1-19-16-37(29(40)12-9-21(3)39)17-20(2)38(19)30-24-13-22(10-11-26(24)34-18-35-30)23-14-27(31(43-4)33-15-23)36-44(41,42)28-8-6-5-7-25(28)32/h5-15,18-20,36H,16-17H2,1-4H3/b12-9+/t19-,20+. The highest BCUT2D eigenvalue weighted by Crippen LogP contribution is 2.35. The van der Waals surface area contributed by atoms with Gasteiger partial charge in [0.1, 0.15) is 28.5 Å². The van der Waals surface area contributed by atoms with Crippen LogP contribution in [-0.4, -0.2) is 72.2 Å². The predicted octanol–water partition coefficient (Wildman–Crippen LogP) is 4.21. The molecule has 0 unspecified atom stereocenters. The Kier molecular flexibility index (Phi) is 8.59. The van der Waals surface area contributed by atoms with Crippen LogP contribution in [0.3, 0.4) is 0 Å². The number of carbonyl (C=O) groups is 2. The summed E-state index contributed by atoms with van der Waals surface area (Å²) < 4.78 is 48.1. The van der Waals surface area contributed by atoms with E-state index in [2.05, 4.69) is 24.6 Å². The quantitative estimate of drug-likeness (QED) is 0.288. The molecular formula is C31H31FN6O5S. The number of hydrogen-bond acceptors (Lipinski definition) is 9. The Balaban J connectivity index is 1.49. The molecule has 1 aliphatic heterocycles. The molecule has 228 valence electrons. The van der Waals surface area contributed by atoms with Crippen molar-refractivity contribution in [2.24, 2.45) is 0 Å². The second-order valence-corrected chi connectivity index (χ2v) is 12.2. The molecule has 0 spiro atoms. The zero-order valence-electron chi connectivity index (χ0n) is 24.6. The van der Waals surface area contributed by atoms with E-state index >= 15 is 0 Å². The highest BCUT2D eigenvalue weighted by atomic mass is 32.2. The minimum atomic E-state index is -4.28. The maximum Gasteiger partial charge on any atom is 0.264 e. The minimum Gasteiger partial charge on any atom is -0.480 e. The van der Waals surface area contributed by atoms with Crippen molar-refractivity contribution in [3.05, 3.63) is 79.0 Å². The molecule has 1 saturated heterocycles. The number of nitrogens with zero attached hydrogens (tertiary/aromatic N) is 5. The highest BCUT2D eigenvalue weighted by molar-refractivity contribution is 7.92. The Morgan fingerprint density at radius 2 is 1.73 bits per heavy atom. The Hall–Kier alpha value is -4.91. The summed E-state index contributed by atoms with van der Waals surface area (Å²) in [5.74, 6) is -0.590. The van der Waals surface area contributed by atoms with Crippen molar-refractivity contribution in [1.82, 2.24) is 19.9 Å². The number of carbonyl (C=O) groups excluding carboxylic acids is 2. The molecule has 0 saturated carbocycles. The lowest BCUT2D eigenvalue weighted by Crippen LogP contribution is -2.58. The van der Waals surface area contributed by atoms with E-state index in [4.69, 9.17) is 4.74 Å². The smallest absolute Gasteiger partial charge is 0.264 e. The lowest BCUT2D eigenvalue weighted by Gasteiger charge is -2.45. The molecule has 2 aromatic heterocycles. The lowest BCUT2D eigenvalue weighted by molar-refractivity contribution is -0.127. The summed E-state index contributed by atoms with van der Waals surface area (Å²) in [5, 5.41) is 0.754. The van der Waals surface area contributed by atoms with Gasteiger partial charge in [-0.3, -0.25) is 14.3 Å². The highest BCUT2D eigenvalue weighted by Gasteiger charge is 2.33. The molecule has 0 bridgehead atoms. The molecule has 44 heavy (non-hydrogen) atoms. The zero-order valence-corrected chi connectivity index (χ0v) is 25.4. The Morgan fingerprint density at radius 1 is 1.00 bits per heavy atom. The van der Waals surface area contributed by atoms with Gasteiger partial charge >= 0.3 is 0 Å². The van der Waals surface area contributed by atoms with Crippen molar-refractivity contribution in [1.29, 1.82) is 0 Å². The van der Waals surface area contributed by atoms with Gasteiger partial charge in [-0.05, 0) is 62.7 Å². The van der Waals surface area contributed by atoms with Gasteiger partial charge in [-0.25, -0.2) is 27.8 Å². The number of anilines is 2. The Labute approximate surface area is 254 Å². The molecule has 13 heteroatoms. The van der Waals surface area contributed by atoms with Crippen LogP contribution >= 0.6 is 0 Å². The van der Waals surface area contributed by atoms with Crippen LogP contribution in [0.25, 0.3) is 22.0 Å². The van der Waals surface area contributed by atoms with Gasteiger partial charge in [0, 0.05) is 48.4 Å². The fourth-order valence-corrected chi connectivity index (χ4v) is 6.48. The number of pyridine rings is 1. The molecule has 2 aromatic carbocycles. The van der Waals surface area contributed by atoms with E-state index in [0.717, 1.165) is 11.5 Å². The number of rotatable bonds is 8. The molecule has 1 aliphatic rings. The molecule has 0 radical (unpaired) electrons. The largest absolute Gasteiger partial charge is 0.480 e. The van der Waals surface area contributed by atoms with Gasteiger partial charge in [0.2, 0.25) is 11.8 Å². The van der Waals surface area contributed by atoms with Crippen LogP contribution in [0.2, 0.25) is 0 Å². The van der Waals surface area contributed by atoms with Crippen LogP contribution in [0.5, 0.6) is 5.88 Å². The topological polar surface area (TPSA) is 135 Å². The van der Waals surface area contributed by atoms with Crippen LogP contribution < -0.4 is 14.4 Å². The van der Waals surface area contributed by atoms with Crippen molar-refractivity contribution in [3.8, 4) is 17.0 Å². The first-order chi connectivity index (χ1) is 21.0. The van der Waals surface area contributed by atoms with Gasteiger partial charge in [0.05, 0.1) is 12.6 Å². The van der Waals surface area contributed by atoms with Crippen LogP contribution in [0, 0.1) is 5.82 Å². The van der Waals surface area contributed by atoms with E-state index in [1.54, 1.807) is 17.2 Å². The van der Waals surface area contributed by atoms with Crippen molar-refractivity contribution in [2.75, 3.05) is 29.8 Å². The zero-order chi connectivity index (χ0) is 31.6. The molecule has 2 atom stereocenters. The second-order valence-electron chi connectivity index (χ2n) is 10.5. The third-order valence-electron chi connectivity index (χ3n) is 7.30. The summed E-state index contributed by atoms with van der Waals surface area (Å²) in [4.78, 5) is 40.7. The number of halogens is 1. The molecule has 1 fully saturated rings. The number of methoxy groups -OCH3 is 1. The molecule has 11 nitrogen and oxygen atoms in total. The maximum atomic E-state index is 14.3. The molecule has 1 amide bonds. The fourth-order valence-electron chi connectivity index (χ4n) is 5.35. The van der Waals surface area contributed by atoms with Crippen LogP contribution in [-0.2, 0) is 19.6 Å². The molecule has 3 heterocycles. The van der Waals surface area contributed by atoms with Crippen molar-refractivity contribution in [3.63, 3.8) is 0 Å². The number of hydrogen-bond donors (Lipinski definition) is 1. The first-order valence-electron chi connectivity index (χ1n) is 13.8. The summed E-state index contributed by atoms with van der Waals surface area (Å²) in [6, 6.07) is 12.0. The van der Waals surface area contributed by atoms with E-state index in [-0.39, 0.29) is 35.3 Å². The number of allylic oxidation sites excluding steroid dienone is 1. The van der Waals surface area contributed by atoms with Gasteiger partial charge in [-0.2, -0.15) is 0 Å². The third-order valence-corrected chi connectivity index (χ3v) is 8.70. The first-order valence-corrected chi connectivity index (χ1v) is 15.3. The summed E-state index contributed by atoms with van der Waals surface area (Å²) in [6.07, 6.45) is 5.62. The Bertz CT molecular complexity index is 1870. The van der Waals surface area contributed by atoms with E-state index in [9.17, 15) is 22.4 Å². The average molecular weight is 619 g/mol. The maximum absolute atomic E-state index is 14.3. The van der Waals surface area contributed by atoms with Crippen molar-refractivity contribution in [2.45, 2.75) is 37.8 Å². The predicted molar refractivity (Wildman–Crippen MR) is 164 cm³/mol. The molecule has 5 rings (SSSR count). The van der Waals surface area contributed by atoms with Crippen LogP contribution in [0.15, 0.2) is 78.1 Å². The molecule has 0 aliphatic carbocycles. The van der Waals surface area contributed by atoms with Gasteiger partial charge in [0.15, 0.2) is 5.78 Å². The monoisotopic (exact) mass is 618 g/mol. The van der Waals surface area contributed by atoms with Crippen molar-refractivity contribution >= 4 is 44.1 Å². The molecule has 4 aromatic rings. The number of fused-ring (bicyclic) bond motifs is 1. The van der Waals surface area contributed by atoms with Gasteiger partial charge in [-0.1, -0.05) is 18.2 Å². The number of sulfonamides is 1. The number of aromatic nitrogens is 3. The van der Waals surface area contributed by atoms with Crippen molar-refractivity contribution < 1.29 is 27.1 Å². The molecular weight excluding hydrogens is 587 g/mol. The van der Waals surface area contributed by atoms with Crippen LogP contribution in [0.4, 0.5) is 15.9 Å². The van der Waals surface area contributed by atoms with Crippen LogP contribution in [0.1, 0.15) is 20.8 Å². The fraction of sp³-hybridized carbons (Fsp3) is 0.258. The van der Waals surface area contributed by atoms with E-state index in [1.807, 2.05) is 32.0 Å². The van der Waals surface area contributed by atoms with E-state index < -0.39 is 20.7 Å². The number of amides is 1. The third kappa shape index (κ3) is 6.23. The average Bonchev–Trinajstić information content (AvgIpc) is 2.99. The van der Waals surface area contributed by atoms with Gasteiger partial charge < -0.3 is 14.5 Å². The first kappa shape index (κ1) is 30.5. The summed E-state index contributed by atoms with van der Waals surface area (Å²) >= 11 is 0. The number of piperazine rings is 1. The molecule has 1 N–H and O–H groups in total. The number of ketones is 1. The number of nitrogens with one attached hydrogen (secondary N) is 1. The summed E-state index contributed by atoms with van der Waals surface area (Å²) in [6.45, 7) is 6.27. The summed E-state index contributed by atoms with van der Waals surface area (Å²) in [5.41, 5.74) is 2.02. The van der Waals surface area contributed by atoms with E-state index in [1.165, 1.54) is 50.7 Å². The minimum absolute atomic E-state index is 0.0201.